The Hall–Kier alpha value is -1.55. The average molecular weight is 332 g/mol. The summed E-state index contributed by atoms with van der Waals surface area (Å²) in [6, 6.07) is 8.08. The number of amides is 1. The zero-order valence-corrected chi connectivity index (χ0v) is 16.0. The zero-order chi connectivity index (χ0) is 17.9. The molecule has 2 rings (SSSR count). The second-order valence-electron chi connectivity index (χ2n) is 8.24. The van der Waals surface area contributed by atoms with Crippen LogP contribution in [0.25, 0.3) is 0 Å². The molecule has 0 N–H and O–H groups in total. The summed E-state index contributed by atoms with van der Waals surface area (Å²) in [7, 11) is 4.16. The van der Waals surface area contributed by atoms with E-state index >= 15 is 0 Å². The molecule has 1 amide bonds. The molecule has 1 aromatic carbocycles. The van der Waals surface area contributed by atoms with Gasteiger partial charge in [0.1, 0.15) is 5.75 Å². The SMILES string of the molecule is C[C@@H](Oc1ccc(C(C)(C)C)cc1)C(=O)N1CC[C@@H](CN(C)C)C1. The number of rotatable bonds is 5. The van der Waals surface area contributed by atoms with Crippen molar-refractivity contribution in [1.29, 1.82) is 0 Å². The molecule has 1 aromatic rings. The van der Waals surface area contributed by atoms with Crippen molar-refractivity contribution in [2.24, 2.45) is 5.92 Å². The fourth-order valence-corrected chi connectivity index (χ4v) is 3.24. The Labute approximate surface area is 146 Å². The van der Waals surface area contributed by atoms with Crippen LogP contribution in [-0.2, 0) is 10.2 Å². The Bertz CT molecular complexity index is 546. The third-order valence-corrected chi connectivity index (χ3v) is 4.60. The van der Waals surface area contributed by atoms with Gasteiger partial charge in [-0.15, -0.1) is 0 Å². The maximum absolute atomic E-state index is 12.6. The van der Waals surface area contributed by atoms with E-state index in [1.54, 1.807) is 0 Å². The number of nitrogens with zero attached hydrogens (tertiary/aromatic N) is 2. The second kappa shape index (κ2) is 7.56. The second-order valence-corrected chi connectivity index (χ2v) is 8.24. The van der Waals surface area contributed by atoms with Crippen LogP contribution in [0.3, 0.4) is 0 Å². The Morgan fingerprint density at radius 1 is 1.29 bits per heavy atom. The number of benzene rings is 1. The van der Waals surface area contributed by atoms with Gasteiger partial charge < -0.3 is 14.5 Å². The van der Waals surface area contributed by atoms with Crippen molar-refractivity contribution in [3.8, 4) is 5.75 Å². The molecule has 4 nitrogen and oxygen atoms in total. The van der Waals surface area contributed by atoms with Crippen LogP contribution < -0.4 is 4.74 Å². The van der Waals surface area contributed by atoms with Gasteiger partial charge in [0.05, 0.1) is 0 Å². The molecule has 24 heavy (non-hydrogen) atoms. The van der Waals surface area contributed by atoms with Crippen molar-refractivity contribution >= 4 is 5.91 Å². The Morgan fingerprint density at radius 3 is 2.46 bits per heavy atom. The molecular weight excluding hydrogens is 300 g/mol. The van der Waals surface area contributed by atoms with Crippen LogP contribution in [0.15, 0.2) is 24.3 Å². The summed E-state index contributed by atoms with van der Waals surface area (Å²) < 4.78 is 5.87. The van der Waals surface area contributed by atoms with Crippen molar-refractivity contribution < 1.29 is 9.53 Å². The van der Waals surface area contributed by atoms with E-state index in [4.69, 9.17) is 4.74 Å². The maximum Gasteiger partial charge on any atom is 0.263 e. The Balaban J connectivity index is 1.90. The van der Waals surface area contributed by atoms with E-state index in [0.717, 1.165) is 31.8 Å². The number of ether oxygens (including phenoxy) is 1. The lowest BCUT2D eigenvalue weighted by Gasteiger charge is -2.23. The molecule has 0 unspecified atom stereocenters. The molecule has 0 spiro atoms. The van der Waals surface area contributed by atoms with Gasteiger partial charge in [-0.2, -0.15) is 0 Å². The van der Waals surface area contributed by atoms with Gasteiger partial charge in [-0.25, -0.2) is 0 Å². The first-order valence-electron chi connectivity index (χ1n) is 8.87. The minimum atomic E-state index is -0.441. The summed E-state index contributed by atoms with van der Waals surface area (Å²) in [6.45, 7) is 11.1. The minimum absolute atomic E-state index is 0.0937. The smallest absolute Gasteiger partial charge is 0.263 e. The molecule has 0 aliphatic carbocycles. The Kier molecular flexibility index (Phi) is 5.92. The van der Waals surface area contributed by atoms with E-state index < -0.39 is 6.10 Å². The van der Waals surface area contributed by atoms with E-state index in [9.17, 15) is 4.79 Å². The van der Waals surface area contributed by atoms with Crippen LogP contribution in [0, 0.1) is 5.92 Å². The van der Waals surface area contributed by atoms with Crippen LogP contribution in [0.4, 0.5) is 0 Å². The van der Waals surface area contributed by atoms with Crippen molar-refractivity contribution in [3.05, 3.63) is 29.8 Å². The normalized spacial score (nSPS) is 19.6. The summed E-state index contributed by atoms with van der Waals surface area (Å²) >= 11 is 0. The predicted octanol–water partition coefficient (Wildman–Crippen LogP) is 3.16. The number of carbonyl (C=O) groups excluding carboxylic acids is 1. The average Bonchev–Trinajstić information content (AvgIpc) is 2.93. The first-order valence-corrected chi connectivity index (χ1v) is 8.87. The number of hydrogen-bond donors (Lipinski definition) is 0. The van der Waals surface area contributed by atoms with Gasteiger partial charge in [-0.3, -0.25) is 4.79 Å². The molecule has 134 valence electrons. The first-order chi connectivity index (χ1) is 11.2. The van der Waals surface area contributed by atoms with Crippen molar-refractivity contribution in [2.75, 3.05) is 33.7 Å². The molecule has 0 saturated carbocycles. The molecular formula is C20H32N2O2. The molecule has 1 fully saturated rings. The molecule has 1 aliphatic heterocycles. The van der Waals surface area contributed by atoms with Crippen LogP contribution in [0.2, 0.25) is 0 Å². The highest BCUT2D eigenvalue weighted by Gasteiger charge is 2.30. The van der Waals surface area contributed by atoms with E-state index in [-0.39, 0.29) is 11.3 Å². The minimum Gasteiger partial charge on any atom is -0.481 e. The van der Waals surface area contributed by atoms with Gasteiger partial charge in [0.15, 0.2) is 6.10 Å². The number of likely N-dealkylation sites (tertiary alicyclic amines) is 1. The molecule has 1 saturated heterocycles. The standard InChI is InChI=1S/C20H32N2O2/c1-15(19(23)22-12-11-16(14-22)13-21(5)6)24-18-9-7-17(8-10-18)20(2,3)4/h7-10,15-16H,11-14H2,1-6H3/t15-,16+/m1/s1. The molecule has 4 heteroatoms. The summed E-state index contributed by atoms with van der Waals surface area (Å²) in [6.07, 6.45) is 0.639. The van der Waals surface area contributed by atoms with E-state index in [1.807, 2.05) is 24.0 Å². The van der Waals surface area contributed by atoms with E-state index in [0.29, 0.717) is 5.92 Å². The first kappa shape index (κ1) is 18.8. The highest BCUT2D eigenvalue weighted by molar-refractivity contribution is 5.81. The lowest BCUT2D eigenvalue weighted by molar-refractivity contribution is -0.137. The lowest BCUT2D eigenvalue weighted by Crippen LogP contribution is -2.39. The predicted molar refractivity (Wildman–Crippen MR) is 98.5 cm³/mol. The largest absolute Gasteiger partial charge is 0.481 e. The van der Waals surface area contributed by atoms with Gasteiger partial charge in [-0.05, 0) is 56.5 Å². The fraction of sp³-hybridized carbons (Fsp3) is 0.650. The number of carbonyl (C=O) groups is 1. The zero-order valence-electron chi connectivity index (χ0n) is 16.0. The van der Waals surface area contributed by atoms with E-state index in [1.165, 1.54) is 5.56 Å². The van der Waals surface area contributed by atoms with Crippen LogP contribution in [-0.4, -0.2) is 55.5 Å². The van der Waals surface area contributed by atoms with Crippen LogP contribution in [0.5, 0.6) is 5.75 Å². The molecule has 0 aromatic heterocycles. The highest BCUT2D eigenvalue weighted by Crippen LogP contribution is 2.25. The van der Waals surface area contributed by atoms with Gasteiger partial charge in [0, 0.05) is 19.6 Å². The van der Waals surface area contributed by atoms with Crippen molar-refractivity contribution in [1.82, 2.24) is 9.80 Å². The van der Waals surface area contributed by atoms with E-state index in [2.05, 4.69) is 51.9 Å². The molecule has 0 bridgehead atoms. The summed E-state index contributed by atoms with van der Waals surface area (Å²) in [5, 5.41) is 0. The van der Waals surface area contributed by atoms with Crippen LogP contribution in [0.1, 0.15) is 39.7 Å². The molecule has 0 radical (unpaired) electrons. The monoisotopic (exact) mass is 332 g/mol. The third kappa shape index (κ3) is 4.97. The van der Waals surface area contributed by atoms with Gasteiger partial charge in [0.2, 0.25) is 0 Å². The van der Waals surface area contributed by atoms with Gasteiger partial charge >= 0.3 is 0 Å². The molecule has 2 atom stereocenters. The summed E-state index contributed by atoms with van der Waals surface area (Å²) in [4.78, 5) is 16.7. The number of hydrogen-bond acceptors (Lipinski definition) is 3. The fourth-order valence-electron chi connectivity index (χ4n) is 3.24. The van der Waals surface area contributed by atoms with Crippen LogP contribution >= 0.6 is 0 Å². The quantitative estimate of drug-likeness (QED) is 0.830. The maximum atomic E-state index is 12.6. The lowest BCUT2D eigenvalue weighted by atomic mass is 9.87. The topological polar surface area (TPSA) is 32.8 Å². The molecule has 1 aliphatic rings. The van der Waals surface area contributed by atoms with Gasteiger partial charge in [0.25, 0.3) is 5.91 Å². The summed E-state index contributed by atoms with van der Waals surface area (Å²) in [5.41, 5.74) is 1.39. The molecule has 1 heterocycles. The Morgan fingerprint density at radius 2 is 1.92 bits per heavy atom. The summed E-state index contributed by atoms with van der Waals surface area (Å²) in [5.74, 6) is 1.42. The highest BCUT2D eigenvalue weighted by atomic mass is 16.5. The van der Waals surface area contributed by atoms with Crippen molar-refractivity contribution in [3.63, 3.8) is 0 Å². The van der Waals surface area contributed by atoms with Gasteiger partial charge in [-0.1, -0.05) is 32.9 Å². The third-order valence-electron chi connectivity index (χ3n) is 4.60. The van der Waals surface area contributed by atoms with Crippen molar-refractivity contribution in [2.45, 2.75) is 45.6 Å².